The Morgan fingerprint density at radius 3 is 2.21 bits per heavy atom. The van der Waals surface area contributed by atoms with Crippen LogP contribution in [-0.4, -0.2) is 19.6 Å². The number of amides is 1. The molecule has 0 aliphatic carbocycles. The van der Waals surface area contributed by atoms with Gasteiger partial charge in [-0.2, -0.15) is 0 Å². The Bertz CT molecular complexity index is 620. The molecule has 0 aromatic heterocycles. The van der Waals surface area contributed by atoms with E-state index in [4.69, 9.17) is 9.47 Å². The second kappa shape index (κ2) is 9.60. The summed E-state index contributed by atoms with van der Waals surface area (Å²) in [6.45, 7) is 2.91. The number of hydrogen-bond acceptors (Lipinski definition) is 3. The van der Waals surface area contributed by atoms with Crippen LogP contribution < -0.4 is 14.8 Å². The Kier molecular flexibility index (Phi) is 7.15. The van der Waals surface area contributed by atoms with Gasteiger partial charge in [-0.25, -0.2) is 0 Å². The molecule has 1 amide bonds. The zero-order valence-electron chi connectivity index (χ0n) is 14.4. The van der Waals surface area contributed by atoms with E-state index in [1.165, 1.54) is 19.3 Å². The van der Waals surface area contributed by atoms with Gasteiger partial charge >= 0.3 is 0 Å². The molecule has 4 heteroatoms. The van der Waals surface area contributed by atoms with E-state index in [0.717, 1.165) is 30.2 Å². The molecular weight excluding hydrogens is 302 g/mol. The Morgan fingerprint density at radius 1 is 0.917 bits per heavy atom. The largest absolute Gasteiger partial charge is 0.497 e. The van der Waals surface area contributed by atoms with E-state index in [1.807, 2.05) is 36.4 Å². The first kappa shape index (κ1) is 17.9. The average molecular weight is 327 g/mol. The average Bonchev–Trinajstić information content (AvgIpc) is 2.62. The maximum Gasteiger partial charge on any atom is 0.255 e. The van der Waals surface area contributed by atoms with Gasteiger partial charge in [0.15, 0.2) is 0 Å². The van der Waals surface area contributed by atoms with Crippen LogP contribution in [0, 0.1) is 0 Å². The van der Waals surface area contributed by atoms with Crippen molar-refractivity contribution in [1.82, 2.24) is 0 Å². The van der Waals surface area contributed by atoms with E-state index < -0.39 is 0 Å². The highest BCUT2D eigenvalue weighted by Crippen LogP contribution is 2.17. The summed E-state index contributed by atoms with van der Waals surface area (Å²) in [5.74, 6) is 1.41. The summed E-state index contributed by atoms with van der Waals surface area (Å²) in [6, 6.07) is 14.5. The monoisotopic (exact) mass is 327 g/mol. The van der Waals surface area contributed by atoms with Gasteiger partial charge in [-0.15, -0.1) is 0 Å². The van der Waals surface area contributed by atoms with E-state index in [9.17, 15) is 4.79 Å². The third-order valence-corrected chi connectivity index (χ3v) is 3.73. The van der Waals surface area contributed by atoms with Gasteiger partial charge in [0, 0.05) is 11.3 Å². The van der Waals surface area contributed by atoms with Gasteiger partial charge in [-0.05, 0) is 55.0 Å². The second-order valence-electron chi connectivity index (χ2n) is 5.62. The van der Waals surface area contributed by atoms with Crippen LogP contribution in [-0.2, 0) is 0 Å². The van der Waals surface area contributed by atoms with Crippen molar-refractivity contribution in [3.8, 4) is 11.5 Å². The van der Waals surface area contributed by atoms with Crippen LogP contribution in [0.4, 0.5) is 5.69 Å². The molecule has 0 radical (unpaired) electrons. The zero-order valence-corrected chi connectivity index (χ0v) is 14.4. The SMILES string of the molecule is CCCCCCOc1ccc(C(=O)Nc2ccc(OC)cc2)cc1. The lowest BCUT2D eigenvalue weighted by Crippen LogP contribution is -2.11. The number of carbonyl (C=O) groups is 1. The van der Waals surface area contributed by atoms with Crippen molar-refractivity contribution in [1.29, 1.82) is 0 Å². The lowest BCUT2D eigenvalue weighted by molar-refractivity contribution is 0.102. The fourth-order valence-corrected chi connectivity index (χ4v) is 2.30. The van der Waals surface area contributed by atoms with Crippen LogP contribution in [0.15, 0.2) is 48.5 Å². The number of carbonyl (C=O) groups excluding carboxylic acids is 1. The predicted octanol–water partition coefficient (Wildman–Crippen LogP) is 4.91. The number of methoxy groups -OCH3 is 1. The van der Waals surface area contributed by atoms with Crippen LogP contribution in [0.3, 0.4) is 0 Å². The summed E-state index contributed by atoms with van der Waals surface area (Å²) < 4.78 is 10.8. The standard InChI is InChI=1S/C20H25NO3/c1-3-4-5-6-15-24-19-11-7-16(8-12-19)20(22)21-17-9-13-18(23-2)14-10-17/h7-14H,3-6,15H2,1-2H3,(H,21,22). The molecule has 0 fully saturated rings. The first-order valence-electron chi connectivity index (χ1n) is 8.41. The van der Waals surface area contributed by atoms with Crippen LogP contribution in [0.25, 0.3) is 0 Å². The molecule has 4 nitrogen and oxygen atoms in total. The van der Waals surface area contributed by atoms with Gasteiger partial charge in [0.25, 0.3) is 5.91 Å². The number of anilines is 1. The number of unbranched alkanes of at least 4 members (excludes halogenated alkanes) is 3. The molecule has 0 saturated heterocycles. The minimum atomic E-state index is -0.144. The molecule has 0 aliphatic heterocycles. The van der Waals surface area contributed by atoms with E-state index in [2.05, 4.69) is 12.2 Å². The third-order valence-electron chi connectivity index (χ3n) is 3.73. The van der Waals surface area contributed by atoms with E-state index in [1.54, 1.807) is 19.2 Å². The minimum Gasteiger partial charge on any atom is -0.497 e. The molecular formula is C20H25NO3. The van der Waals surface area contributed by atoms with Gasteiger partial charge < -0.3 is 14.8 Å². The summed E-state index contributed by atoms with van der Waals surface area (Å²) in [7, 11) is 1.61. The second-order valence-corrected chi connectivity index (χ2v) is 5.62. The molecule has 0 spiro atoms. The number of rotatable bonds is 9. The molecule has 0 heterocycles. The van der Waals surface area contributed by atoms with Gasteiger partial charge in [0.2, 0.25) is 0 Å². The van der Waals surface area contributed by atoms with Crippen molar-refractivity contribution in [2.45, 2.75) is 32.6 Å². The first-order valence-corrected chi connectivity index (χ1v) is 8.41. The molecule has 128 valence electrons. The topological polar surface area (TPSA) is 47.6 Å². The molecule has 24 heavy (non-hydrogen) atoms. The molecule has 2 aromatic rings. The van der Waals surface area contributed by atoms with Crippen LogP contribution >= 0.6 is 0 Å². The Balaban J connectivity index is 1.83. The lowest BCUT2D eigenvalue weighted by Gasteiger charge is -2.08. The maximum absolute atomic E-state index is 12.2. The third kappa shape index (κ3) is 5.61. The summed E-state index contributed by atoms with van der Waals surface area (Å²) in [6.07, 6.45) is 4.72. The first-order chi connectivity index (χ1) is 11.7. The lowest BCUT2D eigenvalue weighted by atomic mass is 10.2. The highest BCUT2D eigenvalue weighted by molar-refractivity contribution is 6.04. The highest BCUT2D eigenvalue weighted by Gasteiger charge is 2.06. The molecule has 1 N–H and O–H groups in total. The molecule has 0 saturated carbocycles. The Morgan fingerprint density at radius 2 is 1.58 bits per heavy atom. The molecule has 2 aromatic carbocycles. The number of hydrogen-bond donors (Lipinski definition) is 1. The zero-order chi connectivity index (χ0) is 17.2. The van der Waals surface area contributed by atoms with E-state index in [0.29, 0.717) is 5.56 Å². The van der Waals surface area contributed by atoms with Crippen molar-refractivity contribution in [3.05, 3.63) is 54.1 Å². The van der Waals surface area contributed by atoms with Crippen LogP contribution in [0.1, 0.15) is 43.0 Å². The molecule has 0 unspecified atom stereocenters. The normalized spacial score (nSPS) is 10.2. The van der Waals surface area contributed by atoms with Crippen LogP contribution in [0.5, 0.6) is 11.5 Å². The van der Waals surface area contributed by atoms with Crippen molar-refractivity contribution in [2.24, 2.45) is 0 Å². The van der Waals surface area contributed by atoms with E-state index >= 15 is 0 Å². The van der Waals surface area contributed by atoms with Gasteiger partial charge in [0.1, 0.15) is 11.5 Å². The van der Waals surface area contributed by atoms with Gasteiger partial charge in [-0.1, -0.05) is 26.2 Å². The summed E-state index contributed by atoms with van der Waals surface area (Å²) in [5.41, 5.74) is 1.33. The number of ether oxygens (including phenoxy) is 2. The smallest absolute Gasteiger partial charge is 0.255 e. The molecule has 0 aliphatic rings. The van der Waals surface area contributed by atoms with Gasteiger partial charge in [0.05, 0.1) is 13.7 Å². The molecule has 0 atom stereocenters. The maximum atomic E-state index is 12.2. The van der Waals surface area contributed by atoms with E-state index in [-0.39, 0.29) is 5.91 Å². The highest BCUT2D eigenvalue weighted by atomic mass is 16.5. The number of nitrogens with one attached hydrogen (secondary N) is 1. The summed E-state index contributed by atoms with van der Waals surface area (Å²) in [4.78, 5) is 12.2. The summed E-state index contributed by atoms with van der Waals surface area (Å²) in [5, 5.41) is 2.86. The number of benzene rings is 2. The summed E-state index contributed by atoms with van der Waals surface area (Å²) >= 11 is 0. The fourth-order valence-electron chi connectivity index (χ4n) is 2.30. The Hall–Kier alpha value is -2.49. The predicted molar refractivity (Wildman–Crippen MR) is 97.0 cm³/mol. The molecule has 2 rings (SSSR count). The fraction of sp³-hybridized carbons (Fsp3) is 0.350. The minimum absolute atomic E-state index is 0.144. The van der Waals surface area contributed by atoms with Crippen molar-refractivity contribution in [2.75, 3.05) is 19.0 Å². The van der Waals surface area contributed by atoms with Crippen molar-refractivity contribution in [3.63, 3.8) is 0 Å². The Labute approximate surface area is 143 Å². The molecule has 0 bridgehead atoms. The van der Waals surface area contributed by atoms with Crippen LogP contribution in [0.2, 0.25) is 0 Å². The van der Waals surface area contributed by atoms with Gasteiger partial charge in [-0.3, -0.25) is 4.79 Å². The van der Waals surface area contributed by atoms with Crippen molar-refractivity contribution >= 4 is 11.6 Å². The quantitative estimate of drug-likeness (QED) is 0.666. The van der Waals surface area contributed by atoms with Crippen molar-refractivity contribution < 1.29 is 14.3 Å².